The average Bonchev–Trinajstić information content (AvgIpc) is 0.928. The number of esters is 4. The molecule has 0 aromatic heterocycles. The molecule has 5 unspecified atom stereocenters. The van der Waals surface area contributed by atoms with Crippen LogP contribution in [0.3, 0.4) is 0 Å². The number of phosphoric acid groups is 2. The molecule has 0 aliphatic rings. The van der Waals surface area contributed by atoms with Gasteiger partial charge in [-0.25, -0.2) is 9.13 Å². The highest BCUT2D eigenvalue weighted by atomic mass is 31.2. The van der Waals surface area contributed by atoms with E-state index in [2.05, 4.69) is 161 Å². The molecule has 0 rings (SSSR count). The van der Waals surface area contributed by atoms with E-state index in [1.807, 2.05) is 12.2 Å². The van der Waals surface area contributed by atoms with Crippen LogP contribution in [0.2, 0.25) is 0 Å². The summed E-state index contributed by atoms with van der Waals surface area (Å²) in [6, 6.07) is 0. The van der Waals surface area contributed by atoms with Gasteiger partial charge in [-0.15, -0.1) is 0 Å². The van der Waals surface area contributed by atoms with Gasteiger partial charge in [-0.1, -0.05) is 302 Å². The first kappa shape index (κ1) is 101. The molecule has 0 bridgehead atoms. The molecule has 0 fully saturated rings. The molecule has 0 aliphatic heterocycles. The van der Waals surface area contributed by atoms with E-state index in [0.717, 1.165) is 148 Å². The Morgan fingerprint density at radius 2 is 0.500 bits per heavy atom. The summed E-state index contributed by atoms with van der Waals surface area (Å²) in [7, 11) is -10.00. The van der Waals surface area contributed by atoms with Crippen LogP contribution in [0.1, 0.15) is 323 Å². The van der Waals surface area contributed by atoms with Crippen LogP contribution in [0.4, 0.5) is 0 Å². The van der Waals surface area contributed by atoms with Crippen LogP contribution >= 0.6 is 15.6 Å². The lowest BCUT2D eigenvalue weighted by Gasteiger charge is -2.21. The third kappa shape index (κ3) is 77.1. The van der Waals surface area contributed by atoms with Crippen molar-refractivity contribution in [2.45, 2.75) is 341 Å². The standard InChI is InChI=1S/C87H146O17P2/c1-5-9-13-17-21-25-29-33-37-39-40-42-46-48-52-56-60-64-68-72-85(90)98-78-83(104-87(92)74-70-66-62-58-54-50-44-36-32-28-24-20-16-12-8-4)80-102-106(95,96)100-76-81(88)75-99-105(93,94)101-79-82(103-86(91)73-69-65-61-57-53-49-43-35-31-27-23-19-15-11-7-3)77-97-84(89)71-67-63-59-55-51-47-45-41-38-34-30-26-22-18-14-10-6-2/h10,12,14,16,21-22,24-26,28,33-34,36-38,40,42,44-45,47,54-55,58-59,81-83,88H,5-9,11,13,15,17-20,23,27,29-32,35,39,41,43,46,48-53,56-57,60-80H2,1-4H3,(H,93,94)(H,95,96)/b14-10-,16-12-,25-21-,26-22-,28-24-,37-33-,38-34-,42-40-,44-36-,47-45-,58-54-,59-55-. The van der Waals surface area contributed by atoms with E-state index in [1.54, 1.807) is 0 Å². The molecule has 0 saturated heterocycles. The fraction of sp³-hybridized carbons (Fsp3) is 0.678. The van der Waals surface area contributed by atoms with E-state index in [-0.39, 0.29) is 25.7 Å². The normalized spacial score (nSPS) is 14.6. The van der Waals surface area contributed by atoms with Gasteiger partial charge in [-0.2, -0.15) is 0 Å². The molecule has 106 heavy (non-hydrogen) atoms. The van der Waals surface area contributed by atoms with Gasteiger partial charge in [-0.3, -0.25) is 37.3 Å². The number of hydrogen-bond donors (Lipinski definition) is 3. The molecule has 0 amide bonds. The fourth-order valence-electron chi connectivity index (χ4n) is 10.6. The molecule has 0 radical (unpaired) electrons. The molecule has 0 aromatic rings. The maximum Gasteiger partial charge on any atom is 0.472 e. The van der Waals surface area contributed by atoms with Gasteiger partial charge in [-0.05, 0) is 141 Å². The van der Waals surface area contributed by atoms with Gasteiger partial charge in [0.1, 0.15) is 19.3 Å². The van der Waals surface area contributed by atoms with Crippen LogP contribution in [0.25, 0.3) is 0 Å². The van der Waals surface area contributed by atoms with E-state index in [9.17, 15) is 43.2 Å². The Morgan fingerprint density at radius 3 is 0.830 bits per heavy atom. The van der Waals surface area contributed by atoms with Gasteiger partial charge in [0.2, 0.25) is 0 Å². The van der Waals surface area contributed by atoms with Crippen molar-refractivity contribution in [1.82, 2.24) is 0 Å². The predicted molar refractivity (Wildman–Crippen MR) is 436 cm³/mol. The Bertz CT molecular complexity index is 2580. The molecule has 3 N–H and O–H groups in total. The number of carbonyl (C=O) groups is 4. The second kappa shape index (κ2) is 78.1. The number of aliphatic hydroxyl groups excluding tert-OH is 1. The lowest BCUT2D eigenvalue weighted by Crippen LogP contribution is -2.30. The topological polar surface area (TPSA) is 237 Å². The largest absolute Gasteiger partial charge is 0.472 e. The minimum atomic E-state index is -5.00. The molecule has 0 spiro atoms. The fourth-order valence-corrected chi connectivity index (χ4v) is 12.2. The number of phosphoric ester groups is 2. The molecule has 19 heteroatoms. The van der Waals surface area contributed by atoms with Gasteiger partial charge in [0.05, 0.1) is 26.4 Å². The van der Waals surface area contributed by atoms with Crippen molar-refractivity contribution < 1.29 is 80.2 Å². The van der Waals surface area contributed by atoms with Gasteiger partial charge in [0.25, 0.3) is 0 Å². The highest BCUT2D eigenvalue weighted by Gasteiger charge is 2.30. The number of aliphatic hydroxyl groups is 1. The lowest BCUT2D eigenvalue weighted by molar-refractivity contribution is -0.161. The first-order chi connectivity index (χ1) is 51.7. The summed E-state index contributed by atoms with van der Waals surface area (Å²) in [6.45, 7) is 4.52. The number of unbranched alkanes of at least 4 members (excludes halogenated alkanes) is 26. The van der Waals surface area contributed by atoms with E-state index >= 15 is 0 Å². The molecule has 17 nitrogen and oxygen atoms in total. The third-order valence-electron chi connectivity index (χ3n) is 16.8. The Balaban J connectivity index is 5.45. The Morgan fingerprint density at radius 1 is 0.274 bits per heavy atom. The van der Waals surface area contributed by atoms with Crippen molar-refractivity contribution in [2.75, 3.05) is 39.6 Å². The number of hydrogen-bond acceptors (Lipinski definition) is 15. The van der Waals surface area contributed by atoms with Gasteiger partial charge in [0.15, 0.2) is 12.2 Å². The molecule has 5 atom stereocenters. The summed E-state index contributed by atoms with van der Waals surface area (Å²) >= 11 is 0. The van der Waals surface area contributed by atoms with Crippen molar-refractivity contribution in [2.24, 2.45) is 0 Å². The van der Waals surface area contributed by atoms with Gasteiger partial charge >= 0.3 is 39.5 Å². The summed E-state index contributed by atoms with van der Waals surface area (Å²) in [5.74, 6) is -2.30. The Kier molecular flexibility index (Phi) is 74.3. The van der Waals surface area contributed by atoms with Crippen molar-refractivity contribution >= 4 is 39.5 Å². The maximum atomic E-state index is 13.1. The summed E-state index contributed by atoms with van der Waals surface area (Å²) in [4.78, 5) is 73.1. The van der Waals surface area contributed by atoms with Crippen LogP contribution in [-0.2, 0) is 65.4 Å². The van der Waals surface area contributed by atoms with E-state index < -0.39 is 97.5 Å². The van der Waals surface area contributed by atoms with Crippen LogP contribution < -0.4 is 0 Å². The molecular weight excluding hydrogens is 1380 g/mol. The zero-order valence-corrected chi connectivity index (χ0v) is 68.1. The van der Waals surface area contributed by atoms with Crippen LogP contribution in [-0.4, -0.2) is 96.7 Å². The minimum absolute atomic E-state index is 0.0349. The number of allylic oxidation sites excluding steroid dienone is 24. The van der Waals surface area contributed by atoms with E-state index in [1.165, 1.54) is 83.5 Å². The predicted octanol–water partition coefficient (Wildman–Crippen LogP) is 24.2. The minimum Gasteiger partial charge on any atom is -0.462 e. The lowest BCUT2D eigenvalue weighted by atomic mass is 10.0. The number of ether oxygens (including phenoxy) is 4. The quantitative estimate of drug-likeness (QED) is 0.0169. The Hall–Kier alpha value is -5.06. The van der Waals surface area contributed by atoms with Gasteiger partial charge in [0, 0.05) is 25.7 Å². The maximum absolute atomic E-state index is 13.1. The summed E-state index contributed by atoms with van der Waals surface area (Å²) in [5.41, 5.74) is 0. The number of carbonyl (C=O) groups excluding carboxylic acids is 4. The highest BCUT2D eigenvalue weighted by Crippen LogP contribution is 2.45. The summed E-state index contributed by atoms with van der Waals surface area (Å²) in [5, 5.41) is 10.7. The number of rotatable bonds is 76. The molecule has 0 heterocycles. The highest BCUT2D eigenvalue weighted by molar-refractivity contribution is 7.47. The third-order valence-corrected chi connectivity index (χ3v) is 18.7. The second-order valence-corrected chi connectivity index (χ2v) is 29.9. The molecule has 0 aromatic carbocycles. The van der Waals surface area contributed by atoms with Gasteiger partial charge < -0.3 is 33.8 Å². The zero-order chi connectivity index (χ0) is 77.4. The van der Waals surface area contributed by atoms with Crippen LogP contribution in [0.5, 0.6) is 0 Å². The van der Waals surface area contributed by atoms with Crippen molar-refractivity contribution in [3.05, 3.63) is 146 Å². The Labute approximate surface area is 643 Å². The smallest absolute Gasteiger partial charge is 0.462 e. The van der Waals surface area contributed by atoms with E-state index in [0.29, 0.717) is 38.5 Å². The molecule has 0 saturated carbocycles. The monoisotopic (exact) mass is 1530 g/mol. The molecule has 0 aliphatic carbocycles. The van der Waals surface area contributed by atoms with Crippen molar-refractivity contribution in [3.8, 4) is 0 Å². The molecule has 606 valence electrons. The summed E-state index contributed by atoms with van der Waals surface area (Å²) < 4.78 is 68.6. The van der Waals surface area contributed by atoms with Crippen molar-refractivity contribution in [1.29, 1.82) is 0 Å². The molecular formula is C87H146O17P2. The summed E-state index contributed by atoms with van der Waals surface area (Å²) in [6.07, 6.45) is 89.7. The zero-order valence-electron chi connectivity index (χ0n) is 66.3. The average molecular weight is 1530 g/mol. The van der Waals surface area contributed by atoms with E-state index in [4.69, 9.17) is 37.0 Å². The van der Waals surface area contributed by atoms with Crippen LogP contribution in [0, 0.1) is 0 Å². The second-order valence-electron chi connectivity index (χ2n) is 27.0. The SMILES string of the molecule is CC/C=C\C/C=C\C/C=C\C/C=C\C/C=C\CCCC(=O)OCC(COP(=O)(O)OCC(O)COP(=O)(O)OCC(COC(=O)CCCCCCCC/C=C\C/C=C\C/C=C\CCCCC)OC(=O)CCCC/C=C\C/C=C\C/C=C\C/C=C\CC)OC(=O)CCCCCCCCCCCCCCCCC. The van der Waals surface area contributed by atoms with Crippen molar-refractivity contribution in [3.63, 3.8) is 0 Å². The first-order valence-corrected chi connectivity index (χ1v) is 44.1. The van der Waals surface area contributed by atoms with Crippen LogP contribution in [0.15, 0.2) is 146 Å². The first-order valence-electron chi connectivity index (χ1n) is 41.1.